The first-order valence-electron chi connectivity index (χ1n) is 6.81. The molecule has 0 amide bonds. The molecule has 0 aliphatic rings. The summed E-state index contributed by atoms with van der Waals surface area (Å²) in [4.78, 5) is 12.4. The average Bonchev–Trinajstić information content (AvgIpc) is 2.92. The number of benzene rings is 2. The summed E-state index contributed by atoms with van der Waals surface area (Å²) in [5, 5.41) is 1.67. The summed E-state index contributed by atoms with van der Waals surface area (Å²) in [5.74, 6) is 1.20. The highest BCUT2D eigenvalue weighted by Crippen LogP contribution is 2.34. The lowest BCUT2D eigenvalue weighted by Gasteiger charge is -2.06. The summed E-state index contributed by atoms with van der Waals surface area (Å²) in [6.45, 7) is 0. The topological polar surface area (TPSA) is 53.1 Å². The van der Waals surface area contributed by atoms with Gasteiger partial charge in [0.15, 0.2) is 17.1 Å². The molecular formula is C17H13NO4. The molecule has 0 radical (unpaired) electrons. The maximum absolute atomic E-state index is 12.4. The molecule has 0 bridgehead atoms. The fraction of sp³-hybridized carbons (Fsp3) is 0.118. The lowest BCUT2D eigenvalue weighted by Crippen LogP contribution is -2.03. The van der Waals surface area contributed by atoms with Crippen molar-refractivity contribution in [1.29, 1.82) is 0 Å². The lowest BCUT2D eigenvalue weighted by molar-refractivity contribution is 0.356. The molecule has 0 unspecified atom stereocenters. The van der Waals surface area contributed by atoms with Crippen LogP contribution in [0.2, 0.25) is 0 Å². The van der Waals surface area contributed by atoms with Crippen molar-refractivity contribution in [3.63, 3.8) is 0 Å². The Bertz CT molecular complexity index is 1070. The molecular weight excluding hydrogens is 282 g/mol. The summed E-state index contributed by atoms with van der Waals surface area (Å²) in [5.41, 5.74) is 1.51. The van der Waals surface area contributed by atoms with Crippen molar-refractivity contribution in [3.05, 3.63) is 53.0 Å². The normalized spacial score (nSPS) is 11.4. The van der Waals surface area contributed by atoms with E-state index in [1.165, 1.54) is 0 Å². The second-order valence-corrected chi connectivity index (χ2v) is 5.00. The van der Waals surface area contributed by atoms with E-state index >= 15 is 0 Å². The number of hydrogen-bond acceptors (Lipinski definition) is 4. The number of nitrogens with zero attached hydrogens (tertiary/aromatic N) is 1. The molecule has 0 aliphatic heterocycles. The van der Waals surface area contributed by atoms with E-state index in [0.717, 1.165) is 16.3 Å². The van der Waals surface area contributed by atoms with Crippen molar-refractivity contribution in [3.8, 4) is 11.5 Å². The number of hydrogen-bond donors (Lipinski definition) is 0. The molecule has 5 heteroatoms. The van der Waals surface area contributed by atoms with Gasteiger partial charge in [0.2, 0.25) is 0 Å². The molecule has 0 fully saturated rings. The molecule has 0 N–H and O–H groups in total. The standard InChI is InChI=1S/C17H13NO4/c1-20-14-7-10-9-18-12-5-3-4-6-13(12)22-17(19)16(18)11(10)8-15(14)21-2/h3-9H,1-2H3. The van der Waals surface area contributed by atoms with E-state index in [1.54, 1.807) is 26.4 Å². The maximum atomic E-state index is 12.4. The van der Waals surface area contributed by atoms with Gasteiger partial charge in [0.1, 0.15) is 5.52 Å². The third-order valence-corrected chi connectivity index (χ3v) is 3.84. The number of para-hydroxylation sites is 2. The Hall–Kier alpha value is -2.95. The fourth-order valence-electron chi connectivity index (χ4n) is 2.83. The fourth-order valence-corrected chi connectivity index (χ4v) is 2.83. The Morgan fingerprint density at radius 3 is 2.55 bits per heavy atom. The van der Waals surface area contributed by atoms with Crippen molar-refractivity contribution < 1.29 is 13.9 Å². The van der Waals surface area contributed by atoms with Gasteiger partial charge in [-0.3, -0.25) is 0 Å². The van der Waals surface area contributed by atoms with Crippen LogP contribution in [0.25, 0.3) is 27.4 Å². The lowest BCUT2D eigenvalue weighted by atomic mass is 10.2. The highest BCUT2D eigenvalue weighted by Gasteiger charge is 2.15. The SMILES string of the molecule is COc1cc2cn3c4ccccc4oc(=O)c3c2cc1OC. The summed E-state index contributed by atoms with van der Waals surface area (Å²) in [6, 6.07) is 11.1. The summed E-state index contributed by atoms with van der Waals surface area (Å²) >= 11 is 0. The monoisotopic (exact) mass is 295 g/mol. The molecule has 5 nitrogen and oxygen atoms in total. The first-order chi connectivity index (χ1) is 10.7. The third kappa shape index (κ3) is 1.62. The predicted octanol–water partition coefficient (Wildman–Crippen LogP) is 3.22. The van der Waals surface area contributed by atoms with Gasteiger partial charge in [-0.25, -0.2) is 4.79 Å². The second kappa shape index (κ2) is 4.53. The van der Waals surface area contributed by atoms with Crippen LogP contribution in [-0.4, -0.2) is 18.6 Å². The minimum Gasteiger partial charge on any atom is -0.493 e. The molecule has 22 heavy (non-hydrogen) atoms. The number of fused-ring (bicyclic) bond motifs is 5. The van der Waals surface area contributed by atoms with Gasteiger partial charge in [0, 0.05) is 17.0 Å². The Morgan fingerprint density at radius 1 is 1.05 bits per heavy atom. The molecule has 0 saturated heterocycles. The molecule has 0 saturated carbocycles. The minimum atomic E-state index is -0.374. The number of methoxy groups -OCH3 is 2. The zero-order chi connectivity index (χ0) is 15.3. The Morgan fingerprint density at radius 2 is 1.77 bits per heavy atom. The summed E-state index contributed by atoms with van der Waals surface area (Å²) in [7, 11) is 3.16. The van der Waals surface area contributed by atoms with Gasteiger partial charge in [-0.15, -0.1) is 0 Å². The van der Waals surface area contributed by atoms with Crippen LogP contribution in [0.1, 0.15) is 0 Å². The largest absolute Gasteiger partial charge is 0.493 e. The van der Waals surface area contributed by atoms with Crippen LogP contribution in [0.15, 0.2) is 51.8 Å². The Kier molecular flexibility index (Phi) is 2.63. The summed E-state index contributed by atoms with van der Waals surface area (Å²) < 4.78 is 17.9. The Labute approximate surface area is 125 Å². The molecule has 2 aromatic carbocycles. The third-order valence-electron chi connectivity index (χ3n) is 3.84. The van der Waals surface area contributed by atoms with E-state index < -0.39 is 0 Å². The van der Waals surface area contributed by atoms with Crippen LogP contribution in [0.5, 0.6) is 11.5 Å². The maximum Gasteiger partial charge on any atom is 0.361 e. The van der Waals surface area contributed by atoms with Gasteiger partial charge in [0.05, 0.1) is 19.7 Å². The molecule has 0 atom stereocenters. The molecule has 2 heterocycles. The smallest absolute Gasteiger partial charge is 0.361 e. The van der Waals surface area contributed by atoms with E-state index in [1.807, 2.05) is 34.9 Å². The quantitative estimate of drug-likeness (QED) is 0.570. The first-order valence-corrected chi connectivity index (χ1v) is 6.81. The molecule has 4 aromatic rings. The first kappa shape index (κ1) is 12.8. The molecule has 0 spiro atoms. The van der Waals surface area contributed by atoms with Gasteiger partial charge in [-0.2, -0.15) is 0 Å². The van der Waals surface area contributed by atoms with Crippen LogP contribution in [0, 0.1) is 0 Å². The van der Waals surface area contributed by atoms with Crippen LogP contribution in [-0.2, 0) is 0 Å². The highest BCUT2D eigenvalue weighted by molar-refractivity contribution is 6.00. The van der Waals surface area contributed by atoms with Crippen LogP contribution in [0.4, 0.5) is 0 Å². The van der Waals surface area contributed by atoms with E-state index in [0.29, 0.717) is 22.6 Å². The van der Waals surface area contributed by atoms with Crippen LogP contribution < -0.4 is 15.1 Å². The van der Waals surface area contributed by atoms with Crippen molar-refractivity contribution in [2.24, 2.45) is 0 Å². The van der Waals surface area contributed by atoms with Crippen molar-refractivity contribution in [1.82, 2.24) is 4.40 Å². The average molecular weight is 295 g/mol. The van der Waals surface area contributed by atoms with Gasteiger partial charge >= 0.3 is 5.63 Å². The van der Waals surface area contributed by atoms with Gasteiger partial charge in [-0.05, 0) is 24.3 Å². The molecule has 0 aliphatic carbocycles. The van der Waals surface area contributed by atoms with Crippen LogP contribution >= 0.6 is 0 Å². The van der Waals surface area contributed by atoms with Crippen molar-refractivity contribution >= 4 is 27.4 Å². The van der Waals surface area contributed by atoms with Gasteiger partial charge in [-0.1, -0.05) is 12.1 Å². The zero-order valence-electron chi connectivity index (χ0n) is 12.1. The van der Waals surface area contributed by atoms with E-state index in [-0.39, 0.29) is 5.63 Å². The predicted molar refractivity (Wildman–Crippen MR) is 84.0 cm³/mol. The van der Waals surface area contributed by atoms with Gasteiger partial charge in [0.25, 0.3) is 0 Å². The van der Waals surface area contributed by atoms with E-state index in [9.17, 15) is 4.79 Å². The zero-order valence-corrected chi connectivity index (χ0v) is 12.1. The molecule has 4 rings (SSSR count). The van der Waals surface area contributed by atoms with Crippen LogP contribution in [0.3, 0.4) is 0 Å². The van der Waals surface area contributed by atoms with Crippen molar-refractivity contribution in [2.45, 2.75) is 0 Å². The second-order valence-electron chi connectivity index (χ2n) is 5.00. The number of ether oxygens (including phenoxy) is 2. The molecule has 110 valence electrons. The van der Waals surface area contributed by atoms with E-state index in [2.05, 4.69) is 0 Å². The Balaban J connectivity index is 2.25. The number of aromatic nitrogens is 1. The highest BCUT2D eigenvalue weighted by atomic mass is 16.5. The van der Waals surface area contributed by atoms with E-state index in [4.69, 9.17) is 13.9 Å². The molecule has 2 aromatic heterocycles. The summed E-state index contributed by atoms with van der Waals surface area (Å²) in [6.07, 6.45) is 1.91. The minimum absolute atomic E-state index is 0.374. The van der Waals surface area contributed by atoms with Crippen molar-refractivity contribution in [2.75, 3.05) is 14.2 Å². The van der Waals surface area contributed by atoms with Gasteiger partial charge < -0.3 is 18.3 Å². The number of rotatable bonds is 2.